The van der Waals surface area contributed by atoms with Gasteiger partial charge in [0.15, 0.2) is 0 Å². The summed E-state index contributed by atoms with van der Waals surface area (Å²) in [5.41, 5.74) is 0. The topological polar surface area (TPSA) is 41.0 Å². The van der Waals surface area contributed by atoms with Crippen LogP contribution in [0.5, 0.6) is 0 Å². The highest BCUT2D eigenvalue weighted by Gasteiger charge is 2.22. The molecule has 1 N–H and O–H groups in total. The number of anilines is 2. The van der Waals surface area contributed by atoms with E-state index in [2.05, 4.69) is 47.1 Å². The maximum absolute atomic E-state index is 4.42. The van der Waals surface area contributed by atoms with Crippen molar-refractivity contribution in [3.63, 3.8) is 0 Å². The summed E-state index contributed by atoms with van der Waals surface area (Å²) in [4.78, 5) is 11.0. The molecule has 0 radical (unpaired) electrons. The Kier molecular flexibility index (Phi) is 5.00. The van der Waals surface area contributed by atoms with Gasteiger partial charge in [0.25, 0.3) is 0 Å². The SMILES string of the molecule is CCCNc1cc(N(C)C2CCC(C)CC2)ncn1. The third kappa shape index (κ3) is 3.82. The second-order valence-corrected chi connectivity index (χ2v) is 5.71. The number of hydrogen-bond acceptors (Lipinski definition) is 4. The molecule has 1 aliphatic carbocycles. The number of nitrogens with zero attached hydrogens (tertiary/aromatic N) is 3. The molecule has 4 heteroatoms. The van der Waals surface area contributed by atoms with E-state index in [0.29, 0.717) is 6.04 Å². The zero-order valence-corrected chi connectivity index (χ0v) is 12.4. The highest BCUT2D eigenvalue weighted by atomic mass is 15.2. The van der Waals surface area contributed by atoms with Crippen molar-refractivity contribution in [2.24, 2.45) is 5.92 Å². The summed E-state index contributed by atoms with van der Waals surface area (Å²) in [6, 6.07) is 2.69. The van der Waals surface area contributed by atoms with Crippen molar-refractivity contribution in [2.45, 2.75) is 52.0 Å². The Bertz CT molecular complexity index is 385. The minimum absolute atomic E-state index is 0.630. The van der Waals surface area contributed by atoms with E-state index in [1.54, 1.807) is 6.33 Å². The molecule has 0 aliphatic heterocycles. The normalized spacial score (nSPS) is 23.1. The van der Waals surface area contributed by atoms with Gasteiger partial charge in [-0.25, -0.2) is 9.97 Å². The van der Waals surface area contributed by atoms with Crippen molar-refractivity contribution in [3.8, 4) is 0 Å². The first-order valence-electron chi connectivity index (χ1n) is 7.49. The van der Waals surface area contributed by atoms with Crippen LogP contribution in [-0.4, -0.2) is 29.6 Å². The zero-order chi connectivity index (χ0) is 13.7. The van der Waals surface area contributed by atoms with Gasteiger partial charge >= 0.3 is 0 Å². The van der Waals surface area contributed by atoms with Gasteiger partial charge in [-0.1, -0.05) is 13.8 Å². The van der Waals surface area contributed by atoms with Gasteiger partial charge in [0.1, 0.15) is 18.0 Å². The van der Waals surface area contributed by atoms with E-state index in [1.165, 1.54) is 25.7 Å². The summed E-state index contributed by atoms with van der Waals surface area (Å²) in [5.74, 6) is 2.85. The molecule has 0 amide bonds. The molecule has 0 saturated heterocycles. The largest absolute Gasteiger partial charge is 0.370 e. The second-order valence-electron chi connectivity index (χ2n) is 5.71. The monoisotopic (exact) mass is 262 g/mol. The van der Waals surface area contributed by atoms with Crippen molar-refractivity contribution >= 4 is 11.6 Å². The lowest BCUT2D eigenvalue weighted by Gasteiger charge is -2.34. The molecule has 1 aromatic heterocycles. The van der Waals surface area contributed by atoms with Gasteiger partial charge in [-0.2, -0.15) is 0 Å². The summed E-state index contributed by atoms with van der Waals surface area (Å²) in [7, 11) is 2.16. The highest BCUT2D eigenvalue weighted by molar-refractivity contribution is 5.48. The van der Waals surface area contributed by atoms with E-state index < -0.39 is 0 Å². The molecule has 4 nitrogen and oxygen atoms in total. The van der Waals surface area contributed by atoms with Gasteiger partial charge in [-0.3, -0.25) is 0 Å². The minimum Gasteiger partial charge on any atom is -0.370 e. The van der Waals surface area contributed by atoms with Crippen LogP contribution >= 0.6 is 0 Å². The molecule has 1 aliphatic rings. The fourth-order valence-corrected chi connectivity index (χ4v) is 2.71. The summed E-state index contributed by atoms with van der Waals surface area (Å²) in [6.45, 7) is 5.47. The predicted octanol–water partition coefficient (Wildman–Crippen LogP) is 3.31. The first kappa shape index (κ1) is 14.1. The predicted molar refractivity (Wildman–Crippen MR) is 80.6 cm³/mol. The Morgan fingerprint density at radius 3 is 2.68 bits per heavy atom. The first-order valence-corrected chi connectivity index (χ1v) is 7.49. The summed E-state index contributed by atoms with van der Waals surface area (Å²) >= 11 is 0. The quantitative estimate of drug-likeness (QED) is 0.884. The first-order chi connectivity index (χ1) is 9.20. The summed E-state index contributed by atoms with van der Waals surface area (Å²) in [5, 5.41) is 3.32. The van der Waals surface area contributed by atoms with E-state index in [1.807, 2.05) is 0 Å². The maximum Gasteiger partial charge on any atom is 0.134 e. The lowest BCUT2D eigenvalue weighted by atomic mass is 9.87. The summed E-state index contributed by atoms with van der Waals surface area (Å²) in [6.07, 6.45) is 7.99. The van der Waals surface area contributed by atoms with E-state index in [-0.39, 0.29) is 0 Å². The standard InChI is InChI=1S/C15H26N4/c1-4-9-16-14-10-15(18-11-17-14)19(3)13-7-5-12(2)6-8-13/h10-13H,4-9H2,1-3H3,(H,16,17,18). The highest BCUT2D eigenvalue weighted by Crippen LogP contribution is 2.28. The third-order valence-electron chi connectivity index (χ3n) is 4.10. The molecule has 0 unspecified atom stereocenters. The van der Waals surface area contributed by atoms with Crippen LogP contribution < -0.4 is 10.2 Å². The number of aromatic nitrogens is 2. The fourth-order valence-electron chi connectivity index (χ4n) is 2.71. The van der Waals surface area contributed by atoms with Crippen molar-refractivity contribution < 1.29 is 0 Å². The van der Waals surface area contributed by atoms with Crippen LogP contribution in [0.2, 0.25) is 0 Å². The van der Waals surface area contributed by atoms with Crippen LogP contribution in [0.25, 0.3) is 0 Å². The molecule has 0 atom stereocenters. The number of nitrogens with one attached hydrogen (secondary N) is 1. The lowest BCUT2D eigenvalue weighted by Crippen LogP contribution is -2.35. The Morgan fingerprint density at radius 1 is 1.26 bits per heavy atom. The van der Waals surface area contributed by atoms with Crippen LogP contribution in [0.1, 0.15) is 46.0 Å². The average Bonchev–Trinajstić information content (AvgIpc) is 2.45. The van der Waals surface area contributed by atoms with Crippen LogP contribution in [0, 0.1) is 5.92 Å². The molecule has 106 valence electrons. The van der Waals surface area contributed by atoms with Crippen molar-refractivity contribution in [1.29, 1.82) is 0 Å². The molecule has 1 fully saturated rings. The molecule has 2 rings (SSSR count). The van der Waals surface area contributed by atoms with Gasteiger partial charge in [0.2, 0.25) is 0 Å². The van der Waals surface area contributed by atoms with E-state index in [0.717, 1.165) is 30.5 Å². The zero-order valence-electron chi connectivity index (χ0n) is 12.4. The fraction of sp³-hybridized carbons (Fsp3) is 0.733. The number of hydrogen-bond donors (Lipinski definition) is 1. The van der Waals surface area contributed by atoms with Crippen LogP contribution in [0.4, 0.5) is 11.6 Å². The Morgan fingerprint density at radius 2 is 2.00 bits per heavy atom. The Balaban J connectivity index is 1.99. The van der Waals surface area contributed by atoms with Gasteiger partial charge in [-0.15, -0.1) is 0 Å². The van der Waals surface area contributed by atoms with Crippen LogP contribution in [-0.2, 0) is 0 Å². The molecule has 0 bridgehead atoms. The van der Waals surface area contributed by atoms with Crippen LogP contribution in [0.3, 0.4) is 0 Å². The van der Waals surface area contributed by atoms with E-state index in [4.69, 9.17) is 0 Å². The third-order valence-corrected chi connectivity index (χ3v) is 4.10. The second kappa shape index (κ2) is 6.73. The molecule has 1 saturated carbocycles. The lowest BCUT2D eigenvalue weighted by molar-refractivity contribution is 0.340. The molecule has 1 heterocycles. The molecular formula is C15H26N4. The van der Waals surface area contributed by atoms with Gasteiger partial charge < -0.3 is 10.2 Å². The number of rotatable bonds is 5. The summed E-state index contributed by atoms with van der Waals surface area (Å²) < 4.78 is 0. The van der Waals surface area contributed by atoms with Crippen LogP contribution in [0.15, 0.2) is 12.4 Å². The van der Waals surface area contributed by atoms with Crippen molar-refractivity contribution in [3.05, 3.63) is 12.4 Å². The van der Waals surface area contributed by atoms with Crippen molar-refractivity contribution in [1.82, 2.24) is 9.97 Å². The molecule has 1 aromatic rings. The average molecular weight is 262 g/mol. The van der Waals surface area contributed by atoms with Gasteiger partial charge in [0.05, 0.1) is 0 Å². The van der Waals surface area contributed by atoms with E-state index >= 15 is 0 Å². The van der Waals surface area contributed by atoms with E-state index in [9.17, 15) is 0 Å². The minimum atomic E-state index is 0.630. The van der Waals surface area contributed by atoms with Crippen molar-refractivity contribution in [2.75, 3.05) is 23.8 Å². The Hall–Kier alpha value is -1.32. The molecule has 0 aromatic carbocycles. The Labute approximate surface area is 116 Å². The molecule has 19 heavy (non-hydrogen) atoms. The van der Waals surface area contributed by atoms with Gasteiger partial charge in [0, 0.05) is 25.7 Å². The smallest absolute Gasteiger partial charge is 0.134 e. The van der Waals surface area contributed by atoms with Gasteiger partial charge in [-0.05, 0) is 38.0 Å². The molecular weight excluding hydrogens is 236 g/mol. The molecule has 0 spiro atoms. The maximum atomic E-state index is 4.42.